The number of amides is 1. The number of halogens is 2. The number of carbonyl (C=O) groups is 1. The van der Waals surface area contributed by atoms with Gasteiger partial charge in [-0.1, -0.05) is 0 Å². The fourth-order valence-corrected chi connectivity index (χ4v) is 5.25. The first-order valence-corrected chi connectivity index (χ1v) is 10.6. The summed E-state index contributed by atoms with van der Waals surface area (Å²) < 4.78 is 26.8. The third-order valence-corrected chi connectivity index (χ3v) is 8.55. The highest BCUT2D eigenvalue weighted by Crippen LogP contribution is 2.32. The van der Waals surface area contributed by atoms with Crippen LogP contribution in [0.25, 0.3) is 0 Å². The number of sulfonamides is 1. The highest BCUT2D eigenvalue weighted by molar-refractivity contribution is 9.13. The molecule has 0 unspecified atom stereocenters. The van der Waals surface area contributed by atoms with E-state index in [0.29, 0.717) is 30.8 Å². The molecule has 2 heterocycles. The second kappa shape index (κ2) is 7.08. The van der Waals surface area contributed by atoms with Crippen LogP contribution < -0.4 is 5.32 Å². The summed E-state index contributed by atoms with van der Waals surface area (Å²) in [6.45, 7) is 2.59. The van der Waals surface area contributed by atoms with Crippen molar-refractivity contribution in [2.24, 2.45) is 0 Å². The Balaban J connectivity index is 1.90. The number of hydrogen-bond donors (Lipinski definition) is 1. The lowest BCUT2D eigenvalue weighted by Gasteiger charge is -2.31. The lowest BCUT2D eigenvalue weighted by molar-refractivity contribution is 0.0928. The van der Waals surface area contributed by atoms with Crippen molar-refractivity contribution >= 4 is 59.1 Å². The highest BCUT2D eigenvalue weighted by Gasteiger charge is 2.27. The van der Waals surface area contributed by atoms with Gasteiger partial charge >= 0.3 is 0 Å². The van der Waals surface area contributed by atoms with Crippen LogP contribution in [0.5, 0.6) is 0 Å². The van der Waals surface area contributed by atoms with E-state index in [-0.39, 0.29) is 17.7 Å². The van der Waals surface area contributed by atoms with Crippen molar-refractivity contribution in [2.45, 2.75) is 25.8 Å². The topological polar surface area (TPSA) is 66.5 Å². The quantitative estimate of drug-likeness (QED) is 0.752. The monoisotopic (exact) mass is 458 g/mol. The van der Waals surface area contributed by atoms with Gasteiger partial charge in [-0.05, 0) is 57.7 Å². The molecule has 0 aromatic carbocycles. The molecule has 0 bridgehead atoms. The van der Waals surface area contributed by atoms with E-state index >= 15 is 0 Å². The van der Waals surface area contributed by atoms with E-state index in [1.165, 1.54) is 15.6 Å². The normalized spacial score (nSPS) is 17.9. The van der Waals surface area contributed by atoms with Gasteiger partial charge in [-0.3, -0.25) is 4.79 Å². The van der Waals surface area contributed by atoms with E-state index in [0.717, 1.165) is 8.26 Å². The van der Waals surface area contributed by atoms with Crippen LogP contribution in [0.4, 0.5) is 0 Å². The summed E-state index contributed by atoms with van der Waals surface area (Å²) in [6, 6.07) is 1.81. The average molecular weight is 460 g/mol. The molecule has 118 valence electrons. The minimum absolute atomic E-state index is 0.0282. The van der Waals surface area contributed by atoms with Gasteiger partial charge in [0.1, 0.15) is 0 Å². The van der Waals surface area contributed by atoms with Crippen LogP contribution in [0.3, 0.4) is 0 Å². The van der Waals surface area contributed by atoms with Gasteiger partial charge in [0.05, 0.1) is 14.4 Å². The van der Waals surface area contributed by atoms with Crippen LogP contribution in [-0.4, -0.2) is 43.5 Å². The zero-order valence-electron chi connectivity index (χ0n) is 11.4. The van der Waals surface area contributed by atoms with E-state index in [2.05, 4.69) is 37.2 Å². The zero-order chi connectivity index (χ0) is 15.6. The van der Waals surface area contributed by atoms with Gasteiger partial charge < -0.3 is 5.32 Å². The Morgan fingerprint density at radius 3 is 2.52 bits per heavy atom. The van der Waals surface area contributed by atoms with Gasteiger partial charge in [0.15, 0.2) is 0 Å². The summed E-state index contributed by atoms with van der Waals surface area (Å²) in [7, 11) is -3.12. The molecule has 1 aliphatic rings. The average Bonchev–Trinajstić information content (AvgIpc) is 2.79. The van der Waals surface area contributed by atoms with Gasteiger partial charge in [0.25, 0.3) is 5.91 Å². The Bertz CT molecular complexity index is 603. The molecule has 1 fully saturated rings. The molecular weight excluding hydrogens is 444 g/mol. The van der Waals surface area contributed by atoms with Crippen LogP contribution in [0.1, 0.15) is 29.4 Å². The summed E-state index contributed by atoms with van der Waals surface area (Å²) in [5.41, 5.74) is 0. The Morgan fingerprint density at radius 1 is 1.43 bits per heavy atom. The van der Waals surface area contributed by atoms with Crippen LogP contribution in [-0.2, 0) is 10.0 Å². The SMILES string of the molecule is CCS(=O)(=O)N1CCC(NC(=O)c2cc(Br)c(Br)s2)CC1. The lowest BCUT2D eigenvalue weighted by atomic mass is 10.1. The van der Waals surface area contributed by atoms with E-state index in [4.69, 9.17) is 0 Å². The number of nitrogens with one attached hydrogen (secondary N) is 1. The lowest BCUT2D eigenvalue weighted by Crippen LogP contribution is -2.46. The highest BCUT2D eigenvalue weighted by atomic mass is 79.9. The summed E-state index contributed by atoms with van der Waals surface area (Å²) in [6.07, 6.45) is 1.30. The first-order valence-electron chi connectivity index (χ1n) is 6.57. The van der Waals surface area contributed by atoms with Crippen molar-refractivity contribution in [1.82, 2.24) is 9.62 Å². The van der Waals surface area contributed by atoms with Crippen molar-refractivity contribution in [3.05, 3.63) is 19.2 Å². The Hall–Kier alpha value is 0.0400. The molecule has 1 aromatic rings. The second-order valence-electron chi connectivity index (χ2n) is 4.78. The Kier molecular flexibility index (Phi) is 5.86. The maximum absolute atomic E-state index is 12.1. The first-order chi connectivity index (χ1) is 9.83. The van der Waals surface area contributed by atoms with Gasteiger partial charge in [-0.25, -0.2) is 12.7 Å². The fraction of sp³-hybridized carbons (Fsp3) is 0.583. The molecule has 2 rings (SSSR count). The molecule has 1 amide bonds. The van der Waals surface area contributed by atoms with Crippen molar-refractivity contribution < 1.29 is 13.2 Å². The standard InChI is InChI=1S/C12H16Br2N2O3S2/c1-2-21(18,19)16-5-3-8(4-6-16)15-12(17)10-7-9(13)11(14)20-10/h7-8H,2-6H2,1H3,(H,15,17). The van der Waals surface area contributed by atoms with Crippen LogP contribution in [0, 0.1) is 0 Å². The third-order valence-electron chi connectivity index (χ3n) is 3.42. The van der Waals surface area contributed by atoms with Gasteiger partial charge in [-0.2, -0.15) is 0 Å². The summed E-state index contributed by atoms with van der Waals surface area (Å²) in [5, 5.41) is 2.97. The molecule has 0 spiro atoms. The Labute approximate surface area is 145 Å². The molecule has 0 saturated carbocycles. The van der Waals surface area contributed by atoms with Crippen LogP contribution in [0.15, 0.2) is 14.3 Å². The molecule has 5 nitrogen and oxygen atoms in total. The largest absolute Gasteiger partial charge is 0.349 e. The van der Waals surface area contributed by atoms with Crippen molar-refractivity contribution in [3.63, 3.8) is 0 Å². The number of piperidine rings is 1. The summed E-state index contributed by atoms with van der Waals surface area (Å²) >= 11 is 8.09. The molecule has 1 aromatic heterocycles. The van der Waals surface area contributed by atoms with E-state index in [1.807, 2.05) is 0 Å². The molecule has 9 heteroatoms. The fourth-order valence-electron chi connectivity index (χ4n) is 2.18. The van der Waals surface area contributed by atoms with Gasteiger partial charge in [0, 0.05) is 23.6 Å². The third kappa shape index (κ3) is 4.28. The van der Waals surface area contributed by atoms with Crippen LogP contribution in [0.2, 0.25) is 0 Å². The van der Waals surface area contributed by atoms with Gasteiger partial charge in [-0.15, -0.1) is 11.3 Å². The second-order valence-corrected chi connectivity index (χ2v) is 10.3. The predicted octanol–water partition coefficient (Wildman–Crippen LogP) is 2.82. The van der Waals surface area contributed by atoms with E-state index in [1.54, 1.807) is 13.0 Å². The van der Waals surface area contributed by atoms with Crippen molar-refractivity contribution in [3.8, 4) is 0 Å². The Morgan fingerprint density at radius 2 is 2.05 bits per heavy atom. The molecule has 0 atom stereocenters. The molecular formula is C12H16Br2N2O3S2. The van der Waals surface area contributed by atoms with Crippen LogP contribution >= 0.6 is 43.2 Å². The molecule has 1 saturated heterocycles. The maximum atomic E-state index is 12.1. The molecule has 0 aliphatic carbocycles. The van der Waals surface area contributed by atoms with Crippen molar-refractivity contribution in [2.75, 3.05) is 18.8 Å². The number of thiophene rings is 1. The molecule has 0 radical (unpaired) electrons. The summed E-state index contributed by atoms with van der Waals surface area (Å²) in [5.74, 6) is 0.0181. The minimum Gasteiger partial charge on any atom is -0.349 e. The minimum atomic E-state index is -3.12. The van der Waals surface area contributed by atoms with E-state index < -0.39 is 10.0 Å². The van der Waals surface area contributed by atoms with Gasteiger partial charge in [0.2, 0.25) is 10.0 Å². The first kappa shape index (κ1) is 17.4. The number of carbonyl (C=O) groups excluding carboxylic acids is 1. The zero-order valence-corrected chi connectivity index (χ0v) is 16.2. The maximum Gasteiger partial charge on any atom is 0.261 e. The smallest absolute Gasteiger partial charge is 0.261 e. The number of rotatable bonds is 4. The van der Waals surface area contributed by atoms with Crippen molar-refractivity contribution in [1.29, 1.82) is 0 Å². The molecule has 21 heavy (non-hydrogen) atoms. The van der Waals surface area contributed by atoms with E-state index in [9.17, 15) is 13.2 Å². The summed E-state index contributed by atoms with van der Waals surface area (Å²) in [4.78, 5) is 12.8. The number of nitrogens with zero attached hydrogens (tertiary/aromatic N) is 1. The predicted molar refractivity (Wildman–Crippen MR) is 91.2 cm³/mol. The molecule has 1 N–H and O–H groups in total. The molecule has 1 aliphatic heterocycles. The number of hydrogen-bond acceptors (Lipinski definition) is 4.